The molecule has 2 heterocycles. The van der Waals surface area contributed by atoms with Gasteiger partial charge in [0.05, 0.1) is 18.4 Å². The minimum Gasteiger partial charge on any atom is -0.465 e. The summed E-state index contributed by atoms with van der Waals surface area (Å²) in [5, 5.41) is 4.30. The summed E-state index contributed by atoms with van der Waals surface area (Å²) in [7, 11) is 3.27. The molecule has 0 saturated carbocycles. The predicted molar refractivity (Wildman–Crippen MR) is 99.5 cm³/mol. The summed E-state index contributed by atoms with van der Waals surface area (Å²) in [5.41, 5.74) is 1.60. The van der Waals surface area contributed by atoms with Crippen LogP contribution in [-0.2, 0) is 29.4 Å². The predicted octanol–water partition coefficient (Wildman–Crippen LogP) is 3.27. The van der Waals surface area contributed by atoms with E-state index in [9.17, 15) is 9.59 Å². The number of carbonyl (C=O) groups excluding carboxylic acids is 2. The van der Waals surface area contributed by atoms with Gasteiger partial charge in [-0.1, -0.05) is 18.2 Å². The van der Waals surface area contributed by atoms with E-state index in [0.29, 0.717) is 10.6 Å². The molecule has 0 radical (unpaired) electrons. The third-order valence-corrected chi connectivity index (χ3v) is 6.44. The Kier molecular flexibility index (Phi) is 5.80. The highest BCUT2D eigenvalue weighted by Crippen LogP contribution is 2.38. The SMILES string of the molecule is COC(=O)c1c(NC(=O)CSc2nccn2C)sc2c1CCCCC2. The first-order valence-corrected chi connectivity index (χ1v) is 10.0. The number of imidazole rings is 1. The number of aryl methyl sites for hydroxylation is 2. The van der Waals surface area contributed by atoms with Crippen LogP contribution in [0.3, 0.4) is 0 Å². The molecule has 0 fully saturated rings. The van der Waals surface area contributed by atoms with Crippen LogP contribution in [0.15, 0.2) is 17.6 Å². The maximum Gasteiger partial charge on any atom is 0.341 e. The third kappa shape index (κ3) is 4.07. The lowest BCUT2D eigenvalue weighted by Crippen LogP contribution is -2.16. The van der Waals surface area contributed by atoms with Crippen LogP contribution in [0, 0.1) is 0 Å². The largest absolute Gasteiger partial charge is 0.465 e. The number of ether oxygens (including phenoxy) is 1. The molecule has 8 heteroatoms. The molecule has 134 valence electrons. The van der Waals surface area contributed by atoms with Gasteiger partial charge in [0, 0.05) is 24.3 Å². The van der Waals surface area contributed by atoms with Gasteiger partial charge in [-0.25, -0.2) is 9.78 Å². The molecule has 1 aliphatic rings. The molecule has 0 saturated heterocycles. The first kappa shape index (κ1) is 18.0. The fourth-order valence-corrected chi connectivity index (χ4v) is 4.96. The molecular weight excluding hydrogens is 358 g/mol. The van der Waals surface area contributed by atoms with Crippen molar-refractivity contribution in [1.82, 2.24) is 9.55 Å². The van der Waals surface area contributed by atoms with Crippen molar-refractivity contribution in [2.24, 2.45) is 7.05 Å². The summed E-state index contributed by atoms with van der Waals surface area (Å²) < 4.78 is 6.82. The normalized spacial score (nSPS) is 13.8. The maximum absolute atomic E-state index is 12.3. The summed E-state index contributed by atoms with van der Waals surface area (Å²) in [6.07, 6.45) is 8.73. The van der Waals surface area contributed by atoms with E-state index in [1.165, 1.54) is 41.5 Å². The van der Waals surface area contributed by atoms with Gasteiger partial charge in [0.25, 0.3) is 0 Å². The number of hydrogen-bond acceptors (Lipinski definition) is 6. The molecule has 25 heavy (non-hydrogen) atoms. The second-order valence-electron chi connectivity index (χ2n) is 5.92. The number of hydrogen-bond donors (Lipinski definition) is 1. The van der Waals surface area contributed by atoms with Gasteiger partial charge in [-0.3, -0.25) is 4.79 Å². The van der Waals surface area contributed by atoms with Crippen LogP contribution in [0.4, 0.5) is 5.00 Å². The van der Waals surface area contributed by atoms with Gasteiger partial charge in [0.15, 0.2) is 5.16 Å². The summed E-state index contributed by atoms with van der Waals surface area (Å²) >= 11 is 2.88. The minimum absolute atomic E-state index is 0.144. The quantitative estimate of drug-likeness (QED) is 0.490. The average Bonchev–Trinajstić information content (AvgIpc) is 3.07. The van der Waals surface area contributed by atoms with E-state index in [1.54, 1.807) is 6.20 Å². The van der Waals surface area contributed by atoms with Crippen molar-refractivity contribution < 1.29 is 14.3 Å². The molecule has 0 unspecified atom stereocenters. The van der Waals surface area contributed by atoms with Gasteiger partial charge in [-0.15, -0.1) is 11.3 Å². The van der Waals surface area contributed by atoms with E-state index in [1.807, 2.05) is 17.8 Å². The van der Waals surface area contributed by atoms with E-state index >= 15 is 0 Å². The topological polar surface area (TPSA) is 73.2 Å². The number of fused-ring (bicyclic) bond motifs is 1. The van der Waals surface area contributed by atoms with Gasteiger partial charge >= 0.3 is 5.97 Å². The highest BCUT2D eigenvalue weighted by Gasteiger charge is 2.26. The zero-order valence-corrected chi connectivity index (χ0v) is 16.0. The average molecular weight is 380 g/mol. The lowest BCUT2D eigenvalue weighted by Gasteiger charge is -2.07. The lowest BCUT2D eigenvalue weighted by atomic mass is 10.1. The fraction of sp³-hybridized carbons (Fsp3) is 0.471. The monoisotopic (exact) mass is 379 g/mol. The zero-order valence-electron chi connectivity index (χ0n) is 14.3. The standard InChI is InChI=1S/C17H21N3O3S2/c1-20-9-8-18-17(20)24-10-13(21)19-15-14(16(22)23-2)11-6-4-3-5-7-12(11)25-15/h8-9H,3-7,10H2,1-2H3,(H,19,21). The van der Waals surface area contributed by atoms with Crippen LogP contribution in [0.5, 0.6) is 0 Å². The van der Waals surface area contributed by atoms with Gasteiger partial charge in [-0.05, 0) is 31.2 Å². The number of anilines is 1. The maximum atomic E-state index is 12.3. The van der Waals surface area contributed by atoms with Crippen molar-refractivity contribution in [3.63, 3.8) is 0 Å². The van der Waals surface area contributed by atoms with Crippen molar-refractivity contribution in [2.75, 3.05) is 18.2 Å². The summed E-state index contributed by atoms with van der Waals surface area (Å²) in [6.45, 7) is 0. The Morgan fingerprint density at radius 2 is 2.16 bits per heavy atom. The third-order valence-electron chi connectivity index (χ3n) is 4.17. The lowest BCUT2D eigenvalue weighted by molar-refractivity contribution is -0.113. The number of nitrogens with one attached hydrogen (secondary N) is 1. The number of carbonyl (C=O) groups is 2. The van der Waals surface area contributed by atoms with Crippen molar-refractivity contribution in [2.45, 2.75) is 37.3 Å². The second-order valence-corrected chi connectivity index (χ2v) is 7.97. The molecule has 0 bridgehead atoms. The molecule has 1 amide bonds. The molecule has 2 aromatic rings. The van der Waals surface area contributed by atoms with Crippen LogP contribution in [-0.4, -0.2) is 34.3 Å². The highest BCUT2D eigenvalue weighted by atomic mass is 32.2. The first-order chi connectivity index (χ1) is 12.1. The molecular formula is C17H21N3O3S2. The molecule has 1 aliphatic carbocycles. The Labute approximate surface area is 155 Å². The second kappa shape index (κ2) is 8.05. The van der Waals surface area contributed by atoms with Crippen molar-refractivity contribution in [1.29, 1.82) is 0 Å². The number of amides is 1. The first-order valence-electron chi connectivity index (χ1n) is 8.23. The van der Waals surface area contributed by atoms with Crippen LogP contribution in [0.1, 0.15) is 40.1 Å². The summed E-state index contributed by atoms with van der Waals surface area (Å²) in [4.78, 5) is 30.0. The molecule has 0 spiro atoms. The van der Waals surface area contributed by atoms with Crippen molar-refractivity contribution >= 4 is 40.0 Å². The Balaban J connectivity index is 1.75. The fourth-order valence-electron chi connectivity index (χ4n) is 2.93. The minimum atomic E-state index is -0.369. The number of thiophene rings is 1. The van der Waals surface area contributed by atoms with Crippen LogP contribution < -0.4 is 5.32 Å². The summed E-state index contributed by atoms with van der Waals surface area (Å²) in [6, 6.07) is 0. The number of rotatable bonds is 5. The number of esters is 1. The molecule has 0 aromatic carbocycles. The molecule has 2 aromatic heterocycles. The Bertz CT molecular complexity index is 782. The highest BCUT2D eigenvalue weighted by molar-refractivity contribution is 7.99. The van der Waals surface area contributed by atoms with E-state index < -0.39 is 0 Å². The number of methoxy groups -OCH3 is 1. The number of aromatic nitrogens is 2. The molecule has 3 rings (SSSR count). The van der Waals surface area contributed by atoms with Gasteiger partial charge in [0.1, 0.15) is 5.00 Å². The van der Waals surface area contributed by atoms with E-state index in [-0.39, 0.29) is 17.6 Å². The van der Waals surface area contributed by atoms with Gasteiger partial charge in [0.2, 0.25) is 5.91 Å². The molecule has 0 aliphatic heterocycles. The van der Waals surface area contributed by atoms with Gasteiger partial charge in [-0.2, -0.15) is 0 Å². The van der Waals surface area contributed by atoms with Crippen LogP contribution >= 0.6 is 23.1 Å². The Hall–Kier alpha value is -1.80. The number of nitrogens with zero attached hydrogens (tertiary/aromatic N) is 2. The number of thioether (sulfide) groups is 1. The van der Waals surface area contributed by atoms with E-state index in [4.69, 9.17) is 4.74 Å². The van der Waals surface area contributed by atoms with Crippen molar-refractivity contribution in [3.8, 4) is 0 Å². The molecule has 0 atom stereocenters. The summed E-state index contributed by atoms with van der Waals surface area (Å²) in [5.74, 6) is -0.269. The Morgan fingerprint density at radius 3 is 2.88 bits per heavy atom. The van der Waals surface area contributed by atoms with E-state index in [0.717, 1.165) is 36.4 Å². The van der Waals surface area contributed by atoms with Crippen LogP contribution in [0.25, 0.3) is 0 Å². The zero-order chi connectivity index (χ0) is 17.8. The smallest absolute Gasteiger partial charge is 0.341 e. The molecule has 6 nitrogen and oxygen atoms in total. The Morgan fingerprint density at radius 1 is 1.36 bits per heavy atom. The van der Waals surface area contributed by atoms with Gasteiger partial charge < -0.3 is 14.6 Å². The van der Waals surface area contributed by atoms with Crippen molar-refractivity contribution in [3.05, 3.63) is 28.4 Å². The van der Waals surface area contributed by atoms with E-state index in [2.05, 4.69) is 10.3 Å². The van der Waals surface area contributed by atoms with Crippen LogP contribution in [0.2, 0.25) is 0 Å². The molecule has 1 N–H and O–H groups in total.